The maximum Gasteiger partial charge on any atom is 0.132 e. The summed E-state index contributed by atoms with van der Waals surface area (Å²) < 4.78 is 5.46. The Kier molecular flexibility index (Phi) is 4.76. The van der Waals surface area contributed by atoms with Gasteiger partial charge in [-0.05, 0) is 37.8 Å². The van der Waals surface area contributed by atoms with E-state index in [0.717, 1.165) is 31.9 Å². The first-order valence-corrected chi connectivity index (χ1v) is 7.95. The third-order valence-electron chi connectivity index (χ3n) is 3.50. The first kappa shape index (κ1) is 14.7. The van der Waals surface area contributed by atoms with Gasteiger partial charge in [0.2, 0.25) is 0 Å². The molecule has 1 fully saturated rings. The molecule has 0 atom stereocenters. The van der Waals surface area contributed by atoms with Gasteiger partial charge in [0.25, 0.3) is 0 Å². The molecule has 0 radical (unpaired) electrons. The number of ether oxygens (including phenoxy) is 1. The first-order chi connectivity index (χ1) is 9.04. The van der Waals surface area contributed by atoms with Crippen LogP contribution in [0.1, 0.15) is 19.4 Å². The minimum atomic E-state index is 0.210. The molecule has 0 spiro atoms. The molecule has 3 nitrogen and oxygen atoms in total. The van der Waals surface area contributed by atoms with Gasteiger partial charge >= 0.3 is 0 Å². The van der Waals surface area contributed by atoms with Crippen LogP contribution in [0, 0.1) is 0 Å². The smallest absolute Gasteiger partial charge is 0.132 e. The van der Waals surface area contributed by atoms with Gasteiger partial charge < -0.3 is 10.1 Å². The van der Waals surface area contributed by atoms with Gasteiger partial charge in [0.05, 0.1) is 7.11 Å². The zero-order valence-electron chi connectivity index (χ0n) is 12.3. The summed E-state index contributed by atoms with van der Waals surface area (Å²) in [5.74, 6) is 0.986. The molecule has 4 heteroatoms. The lowest BCUT2D eigenvalue weighted by Crippen LogP contribution is -2.56. The molecule has 0 saturated carbocycles. The van der Waals surface area contributed by atoms with Gasteiger partial charge in [-0.25, -0.2) is 0 Å². The standard InChI is InChI=1S/C15H24N2OS/c1-15(2)11-17(8-7-16-15)10-12-5-6-14(19-4)13(9-12)18-3/h5-6,9,16H,7-8,10-11H2,1-4H3. The highest BCUT2D eigenvalue weighted by Gasteiger charge is 2.25. The van der Waals surface area contributed by atoms with E-state index in [1.165, 1.54) is 10.5 Å². The van der Waals surface area contributed by atoms with Crippen LogP contribution in [0.3, 0.4) is 0 Å². The molecule has 2 rings (SSSR count). The third kappa shape index (κ3) is 3.88. The van der Waals surface area contributed by atoms with Crippen molar-refractivity contribution in [3.63, 3.8) is 0 Å². The average molecular weight is 280 g/mol. The number of nitrogens with zero attached hydrogens (tertiary/aromatic N) is 1. The molecule has 1 aromatic carbocycles. The van der Waals surface area contributed by atoms with Crippen LogP contribution in [0.2, 0.25) is 0 Å². The third-order valence-corrected chi connectivity index (χ3v) is 4.28. The van der Waals surface area contributed by atoms with Crippen LogP contribution in [0.15, 0.2) is 23.1 Å². The number of hydrogen-bond acceptors (Lipinski definition) is 4. The summed E-state index contributed by atoms with van der Waals surface area (Å²) in [6, 6.07) is 6.54. The summed E-state index contributed by atoms with van der Waals surface area (Å²) >= 11 is 1.73. The SMILES string of the molecule is COc1cc(CN2CCNC(C)(C)C2)ccc1SC. The van der Waals surface area contributed by atoms with E-state index in [1.54, 1.807) is 18.9 Å². The second-order valence-corrected chi connectivity index (χ2v) is 6.56. The number of methoxy groups -OCH3 is 1. The minimum absolute atomic E-state index is 0.210. The fourth-order valence-electron chi connectivity index (χ4n) is 2.62. The molecule has 1 aromatic rings. The van der Waals surface area contributed by atoms with Crippen molar-refractivity contribution in [3.05, 3.63) is 23.8 Å². The molecular weight excluding hydrogens is 256 g/mol. The van der Waals surface area contributed by atoms with Crippen LogP contribution in [-0.4, -0.2) is 43.4 Å². The summed E-state index contributed by atoms with van der Waals surface area (Å²) in [4.78, 5) is 3.70. The monoisotopic (exact) mass is 280 g/mol. The Balaban J connectivity index is 2.06. The number of benzene rings is 1. The fourth-order valence-corrected chi connectivity index (χ4v) is 3.17. The maximum absolute atomic E-state index is 5.46. The van der Waals surface area contributed by atoms with Crippen molar-refractivity contribution in [3.8, 4) is 5.75 Å². The highest BCUT2D eigenvalue weighted by atomic mass is 32.2. The van der Waals surface area contributed by atoms with E-state index in [4.69, 9.17) is 4.74 Å². The van der Waals surface area contributed by atoms with Crippen LogP contribution in [0.25, 0.3) is 0 Å². The lowest BCUT2D eigenvalue weighted by molar-refractivity contribution is 0.148. The van der Waals surface area contributed by atoms with Crippen LogP contribution in [0.5, 0.6) is 5.75 Å². The lowest BCUT2D eigenvalue weighted by atomic mass is 10.0. The molecule has 0 aromatic heterocycles. The largest absolute Gasteiger partial charge is 0.496 e. The summed E-state index contributed by atoms with van der Waals surface area (Å²) in [6.07, 6.45) is 2.08. The molecule has 1 N–H and O–H groups in total. The van der Waals surface area contributed by atoms with E-state index in [2.05, 4.69) is 48.5 Å². The molecule has 0 aliphatic carbocycles. The first-order valence-electron chi connectivity index (χ1n) is 6.72. The molecule has 0 unspecified atom stereocenters. The molecule has 1 saturated heterocycles. The van der Waals surface area contributed by atoms with E-state index in [0.29, 0.717) is 0 Å². The fraction of sp³-hybridized carbons (Fsp3) is 0.600. The molecule has 1 aliphatic heterocycles. The van der Waals surface area contributed by atoms with Crippen molar-refractivity contribution < 1.29 is 4.74 Å². The zero-order chi connectivity index (χ0) is 13.9. The van der Waals surface area contributed by atoms with Gasteiger partial charge in [0, 0.05) is 36.6 Å². The second kappa shape index (κ2) is 6.16. The minimum Gasteiger partial charge on any atom is -0.496 e. The van der Waals surface area contributed by atoms with Crippen LogP contribution in [0.4, 0.5) is 0 Å². The molecule has 0 bridgehead atoms. The summed E-state index contributed by atoms with van der Waals surface area (Å²) in [5.41, 5.74) is 1.54. The quantitative estimate of drug-likeness (QED) is 0.857. The van der Waals surface area contributed by atoms with E-state index in [-0.39, 0.29) is 5.54 Å². The topological polar surface area (TPSA) is 24.5 Å². The van der Waals surface area contributed by atoms with E-state index in [9.17, 15) is 0 Å². The number of nitrogens with one attached hydrogen (secondary N) is 1. The van der Waals surface area contributed by atoms with Gasteiger partial charge in [0.15, 0.2) is 0 Å². The number of piperazine rings is 1. The lowest BCUT2D eigenvalue weighted by Gasteiger charge is -2.39. The van der Waals surface area contributed by atoms with Crippen molar-refractivity contribution in [2.75, 3.05) is 33.0 Å². The predicted molar refractivity (Wildman–Crippen MR) is 82.1 cm³/mol. The van der Waals surface area contributed by atoms with Gasteiger partial charge in [0.1, 0.15) is 5.75 Å². The number of hydrogen-bond donors (Lipinski definition) is 1. The average Bonchev–Trinajstić information content (AvgIpc) is 2.37. The summed E-state index contributed by atoms with van der Waals surface area (Å²) in [5, 5.41) is 3.55. The molecule has 106 valence electrons. The molecule has 0 amide bonds. The van der Waals surface area contributed by atoms with Crippen LogP contribution >= 0.6 is 11.8 Å². The molecule has 1 aliphatic rings. The number of thioether (sulfide) groups is 1. The van der Waals surface area contributed by atoms with Gasteiger partial charge in [-0.15, -0.1) is 11.8 Å². The van der Waals surface area contributed by atoms with E-state index in [1.807, 2.05) is 0 Å². The van der Waals surface area contributed by atoms with E-state index < -0.39 is 0 Å². The van der Waals surface area contributed by atoms with Crippen molar-refractivity contribution in [1.29, 1.82) is 0 Å². The second-order valence-electron chi connectivity index (χ2n) is 5.71. The van der Waals surface area contributed by atoms with Gasteiger partial charge in [-0.2, -0.15) is 0 Å². The normalized spacial score (nSPS) is 19.4. The Labute approximate surface area is 120 Å². The predicted octanol–water partition coefficient (Wildman–Crippen LogP) is 2.60. The Morgan fingerprint density at radius 2 is 2.21 bits per heavy atom. The van der Waals surface area contributed by atoms with Gasteiger partial charge in [-0.3, -0.25) is 4.90 Å². The summed E-state index contributed by atoms with van der Waals surface area (Å²) in [7, 11) is 1.74. The van der Waals surface area contributed by atoms with Crippen LogP contribution in [-0.2, 0) is 6.54 Å². The Morgan fingerprint density at radius 1 is 1.42 bits per heavy atom. The van der Waals surface area contributed by atoms with Crippen molar-refractivity contribution in [1.82, 2.24) is 10.2 Å². The zero-order valence-corrected chi connectivity index (χ0v) is 13.1. The molecular formula is C15H24N2OS. The van der Waals surface area contributed by atoms with Crippen molar-refractivity contribution >= 4 is 11.8 Å². The van der Waals surface area contributed by atoms with Crippen molar-refractivity contribution in [2.24, 2.45) is 0 Å². The van der Waals surface area contributed by atoms with Gasteiger partial charge in [-0.1, -0.05) is 6.07 Å². The molecule has 19 heavy (non-hydrogen) atoms. The van der Waals surface area contributed by atoms with Crippen molar-refractivity contribution in [2.45, 2.75) is 30.8 Å². The van der Waals surface area contributed by atoms with Crippen LogP contribution < -0.4 is 10.1 Å². The van der Waals surface area contributed by atoms with E-state index >= 15 is 0 Å². The molecule has 1 heterocycles. The maximum atomic E-state index is 5.46. The highest BCUT2D eigenvalue weighted by Crippen LogP contribution is 2.29. The summed E-state index contributed by atoms with van der Waals surface area (Å²) in [6.45, 7) is 8.77. The number of rotatable bonds is 4. The Morgan fingerprint density at radius 3 is 2.84 bits per heavy atom. The Bertz CT molecular complexity index is 434. The Hall–Kier alpha value is -0.710. The highest BCUT2D eigenvalue weighted by molar-refractivity contribution is 7.98.